The zero-order valence-corrected chi connectivity index (χ0v) is 20.0. The Morgan fingerprint density at radius 1 is 1.21 bits per heavy atom. The summed E-state index contributed by atoms with van der Waals surface area (Å²) in [6, 6.07) is 7.62. The highest BCUT2D eigenvalue weighted by Crippen LogP contribution is 2.20. The lowest BCUT2D eigenvalue weighted by Gasteiger charge is -2.28. The van der Waals surface area contributed by atoms with E-state index in [4.69, 9.17) is 10.8 Å². The van der Waals surface area contributed by atoms with Crippen LogP contribution in [0.2, 0.25) is 0 Å². The van der Waals surface area contributed by atoms with E-state index in [9.17, 15) is 19.2 Å². The molecule has 0 spiro atoms. The highest BCUT2D eigenvalue weighted by molar-refractivity contribution is 7.98. The normalized spacial score (nSPS) is 17.5. The summed E-state index contributed by atoms with van der Waals surface area (Å²) in [6.07, 6.45) is 1.52. The number of hydrogen-bond acceptors (Lipinski definition) is 6. The number of likely N-dealkylation sites (tertiary alicyclic amines) is 1. The van der Waals surface area contributed by atoms with Crippen LogP contribution in [0.5, 0.6) is 0 Å². The summed E-state index contributed by atoms with van der Waals surface area (Å²) in [5.41, 5.74) is 7.29. The van der Waals surface area contributed by atoms with Crippen molar-refractivity contribution in [3.05, 3.63) is 35.9 Å². The topological polar surface area (TPSA) is 142 Å². The van der Waals surface area contributed by atoms with E-state index in [0.29, 0.717) is 31.6 Å². The predicted octanol–water partition coefficient (Wildman–Crippen LogP) is 0.970. The average molecular weight is 479 g/mol. The minimum Gasteiger partial charge on any atom is -0.480 e. The van der Waals surface area contributed by atoms with E-state index >= 15 is 0 Å². The van der Waals surface area contributed by atoms with Gasteiger partial charge in [0.1, 0.15) is 18.6 Å². The molecule has 2 rings (SSSR count). The monoisotopic (exact) mass is 478 g/mol. The van der Waals surface area contributed by atoms with Crippen LogP contribution in [0.4, 0.5) is 0 Å². The fourth-order valence-electron chi connectivity index (χ4n) is 3.72. The summed E-state index contributed by atoms with van der Waals surface area (Å²) in [5.74, 6) is -1.12. The minimum absolute atomic E-state index is 0.0993. The van der Waals surface area contributed by atoms with E-state index in [1.54, 1.807) is 11.8 Å². The second-order valence-electron chi connectivity index (χ2n) is 8.60. The Labute approximate surface area is 198 Å². The maximum atomic E-state index is 13.0. The average Bonchev–Trinajstić information content (AvgIpc) is 3.26. The molecule has 1 heterocycles. The van der Waals surface area contributed by atoms with Crippen LogP contribution < -0.4 is 16.4 Å². The molecule has 0 bridgehead atoms. The van der Waals surface area contributed by atoms with Crippen molar-refractivity contribution in [2.75, 3.05) is 18.8 Å². The molecule has 1 aliphatic rings. The molecule has 10 heteroatoms. The van der Waals surface area contributed by atoms with E-state index < -0.39 is 42.5 Å². The maximum absolute atomic E-state index is 13.0. The molecule has 0 aliphatic carbocycles. The highest BCUT2D eigenvalue weighted by atomic mass is 32.2. The molecule has 1 saturated heterocycles. The molecule has 3 amide bonds. The number of nitrogens with zero attached hydrogens (tertiary/aromatic N) is 1. The highest BCUT2D eigenvalue weighted by Gasteiger charge is 2.37. The molecule has 3 atom stereocenters. The fraction of sp³-hybridized carbons (Fsp3) is 0.565. The standard InChI is InChI=1S/C23H34N4O5S/c1-15(2)11-18(21(30)25-12-20(28)29)26-22(31)19-9-6-10-27(19)23(32)17(24)14-33-13-16-7-4-3-5-8-16/h3-5,7-8,15,17-19H,6,9-14,24H2,1-2H3,(H,25,30)(H,26,31)(H,28,29)/t17-,18-,19-/m0/s1. The van der Waals surface area contributed by atoms with Crippen LogP contribution in [0, 0.1) is 5.92 Å². The zero-order valence-electron chi connectivity index (χ0n) is 19.2. The number of rotatable bonds is 12. The summed E-state index contributed by atoms with van der Waals surface area (Å²) in [5, 5.41) is 13.8. The van der Waals surface area contributed by atoms with Crippen molar-refractivity contribution in [1.82, 2.24) is 15.5 Å². The molecule has 1 aliphatic heterocycles. The minimum atomic E-state index is -1.16. The number of nitrogens with one attached hydrogen (secondary N) is 2. The molecule has 0 radical (unpaired) electrons. The van der Waals surface area contributed by atoms with Crippen molar-refractivity contribution in [3.8, 4) is 0 Å². The zero-order chi connectivity index (χ0) is 24.4. The van der Waals surface area contributed by atoms with Gasteiger partial charge in [0.05, 0.1) is 6.04 Å². The van der Waals surface area contributed by atoms with Gasteiger partial charge in [-0.1, -0.05) is 44.2 Å². The number of carboxylic acid groups (broad SMARTS) is 1. The van der Waals surface area contributed by atoms with Crippen molar-refractivity contribution >= 4 is 35.5 Å². The van der Waals surface area contributed by atoms with Crippen LogP contribution in [-0.2, 0) is 24.9 Å². The van der Waals surface area contributed by atoms with Crippen LogP contribution in [0.1, 0.15) is 38.7 Å². The number of thioether (sulfide) groups is 1. The summed E-state index contributed by atoms with van der Waals surface area (Å²) < 4.78 is 0. The number of aliphatic carboxylic acids is 1. The Morgan fingerprint density at radius 3 is 2.55 bits per heavy atom. The van der Waals surface area contributed by atoms with Crippen LogP contribution in [-0.4, -0.2) is 70.7 Å². The third-order valence-electron chi connectivity index (χ3n) is 5.32. The smallest absolute Gasteiger partial charge is 0.322 e. The number of nitrogens with two attached hydrogens (primary N) is 1. The first-order chi connectivity index (χ1) is 15.7. The van der Waals surface area contributed by atoms with Gasteiger partial charge in [-0.2, -0.15) is 11.8 Å². The predicted molar refractivity (Wildman–Crippen MR) is 127 cm³/mol. The summed E-state index contributed by atoms with van der Waals surface area (Å²) >= 11 is 1.57. The van der Waals surface area contributed by atoms with Gasteiger partial charge < -0.3 is 26.4 Å². The Bertz CT molecular complexity index is 820. The lowest BCUT2D eigenvalue weighted by atomic mass is 10.0. The van der Waals surface area contributed by atoms with Crippen LogP contribution >= 0.6 is 11.8 Å². The van der Waals surface area contributed by atoms with Gasteiger partial charge in [-0.05, 0) is 30.7 Å². The molecule has 1 fully saturated rings. The molecule has 0 aromatic heterocycles. The SMILES string of the molecule is CC(C)C[C@H](NC(=O)[C@@H]1CCCN1C(=O)[C@@H](N)CSCc1ccccc1)C(=O)NCC(=O)O. The molecule has 0 unspecified atom stereocenters. The van der Waals surface area contributed by atoms with Gasteiger partial charge in [-0.25, -0.2) is 0 Å². The van der Waals surface area contributed by atoms with Gasteiger partial charge >= 0.3 is 5.97 Å². The first kappa shape index (κ1) is 26.7. The number of benzene rings is 1. The molecule has 9 nitrogen and oxygen atoms in total. The second kappa shape index (κ2) is 13.2. The fourth-order valence-corrected chi connectivity index (χ4v) is 4.66. The molecule has 182 valence electrons. The number of carbonyl (C=O) groups is 4. The Hall–Kier alpha value is -2.59. The van der Waals surface area contributed by atoms with Crippen LogP contribution in [0.15, 0.2) is 30.3 Å². The van der Waals surface area contributed by atoms with Gasteiger partial charge in [0, 0.05) is 18.1 Å². The van der Waals surface area contributed by atoms with Gasteiger partial charge in [0.2, 0.25) is 17.7 Å². The van der Waals surface area contributed by atoms with Crippen LogP contribution in [0.3, 0.4) is 0 Å². The number of carboxylic acids is 1. The molecular formula is C23H34N4O5S. The second-order valence-corrected chi connectivity index (χ2v) is 9.63. The summed E-state index contributed by atoms with van der Waals surface area (Å²) in [7, 11) is 0. The molecule has 0 saturated carbocycles. The lowest BCUT2D eigenvalue weighted by molar-refractivity contribution is -0.141. The molecule has 1 aromatic carbocycles. The number of amides is 3. The van der Waals surface area contributed by atoms with Gasteiger partial charge in [0.15, 0.2) is 0 Å². The van der Waals surface area contributed by atoms with Crippen molar-refractivity contribution in [2.45, 2.75) is 57.0 Å². The van der Waals surface area contributed by atoms with Gasteiger partial charge in [0.25, 0.3) is 0 Å². The lowest BCUT2D eigenvalue weighted by Crippen LogP contribution is -2.56. The van der Waals surface area contributed by atoms with E-state index in [1.807, 2.05) is 44.2 Å². The van der Waals surface area contributed by atoms with Crippen molar-refractivity contribution < 1.29 is 24.3 Å². The molecule has 5 N–H and O–H groups in total. The first-order valence-electron chi connectivity index (χ1n) is 11.2. The first-order valence-corrected chi connectivity index (χ1v) is 12.3. The molecule has 33 heavy (non-hydrogen) atoms. The summed E-state index contributed by atoms with van der Waals surface area (Å²) in [4.78, 5) is 50.6. The Morgan fingerprint density at radius 2 is 1.91 bits per heavy atom. The third-order valence-corrected chi connectivity index (χ3v) is 6.45. The third kappa shape index (κ3) is 8.70. The van der Waals surface area contributed by atoms with E-state index in [-0.39, 0.29) is 11.8 Å². The Kier molecular flexibility index (Phi) is 10.7. The molecule has 1 aromatic rings. The van der Waals surface area contributed by atoms with Crippen LogP contribution in [0.25, 0.3) is 0 Å². The van der Waals surface area contributed by atoms with E-state index in [0.717, 1.165) is 11.3 Å². The Balaban J connectivity index is 1.93. The van der Waals surface area contributed by atoms with Crippen molar-refractivity contribution in [1.29, 1.82) is 0 Å². The maximum Gasteiger partial charge on any atom is 0.322 e. The van der Waals surface area contributed by atoms with Crippen molar-refractivity contribution in [3.63, 3.8) is 0 Å². The van der Waals surface area contributed by atoms with E-state index in [2.05, 4.69) is 10.6 Å². The quantitative estimate of drug-likeness (QED) is 0.351. The summed E-state index contributed by atoms with van der Waals surface area (Å²) in [6.45, 7) is 3.73. The van der Waals surface area contributed by atoms with Crippen molar-refractivity contribution in [2.24, 2.45) is 11.7 Å². The molecular weight excluding hydrogens is 444 g/mol. The number of hydrogen-bond donors (Lipinski definition) is 4. The van der Waals surface area contributed by atoms with Gasteiger partial charge in [-0.3, -0.25) is 19.2 Å². The number of carbonyl (C=O) groups excluding carboxylic acids is 3. The largest absolute Gasteiger partial charge is 0.480 e. The van der Waals surface area contributed by atoms with Gasteiger partial charge in [-0.15, -0.1) is 0 Å². The van der Waals surface area contributed by atoms with E-state index in [1.165, 1.54) is 4.90 Å².